The van der Waals surface area contributed by atoms with Crippen molar-refractivity contribution in [2.45, 2.75) is 38.8 Å². The average Bonchev–Trinajstić information content (AvgIpc) is 2.69. The number of nitrogens with one attached hydrogen (secondary N) is 3. The fourth-order valence-corrected chi connectivity index (χ4v) is 1.99. The van der Waals surface area contributed by atoms with Crippen LogP contribution in [-0.4, -0.2) is 27.6 Å². The second-order valence-corrected chi connectivity index (χ2v) is 5.60. The highest BCUT2D eigenvalue weighted by molar-refractivity contribution is 7.07. The number of carbonyl (C=O) groups is 2. The number of H-pyrrole nitrogens is 1. The number of carboxylic acid groups (broad SMARTS) is 1. The van der Waals surface area contributed by atoms with Gasteiger partial charge >= 0.3 is 16.9 Å². The molecule has 0 aromatic carbocycles. The van der Waals surface area contributed by atoms with Gasteiger partial charge in [-0.05, 0) is 20.3 Å². The minimum atomic E-state index is -0.897. The van der Waals surface area contributed by atoms with Gasteiger partial charge in [0.05, 0.1) is 6.54 Å². The van der Waals surface area contributed by atoms with Gasteiger partial charge < -0.3 is 20.7 Å². The van der Waals surface area contributed by atoms with Gasteiger partial charge in [-0.2, -0.15) is 0 Å². The molecule has 0 saturated heterocycles. The van der Waals surface area contributed by atoms with Crippen molar-refractivity contribution >= 4 is 23.3 Å². The average molecular weight is 287 g/mol. The van der Waals surface area contributed by atoms with Crippen molar-refractivity contribution in [1.82, 2.24) is 15.6 Å². The van der Waals surface area contributed by atoms with Gasteiger partial charge in [-0.15, -0.1) is 0 Å². The summed E-state index contributed by atoms with van der Waals surface area (Å²) in [4.78, 5) is 35.4. The van der Waals surface area contributed by atoms with E-state index < -0.39 is 17.5 Å². The molecule has 0 aliphatic carbocycles. The van der Waals surface area contributed by atoms with E-state index in [0.717, 1.165) is 11.3 Å². The van der Waals surface area contributed by atoms with Crippen LogP contribution in [0.5, 0.6) is 0 Å². The number of rotatable bonds is 6. The van der Waals surface area contributed by atoms with Crippen molar-refractivity contribution < 1.29 is 14.7 Å². The molecule has 19 heavy (non-hydrogen) atoms. The van der Waals surface area contributed by atoms with E-state index in [0.29, 0.717) is 12.1 Å². The molecule has 8 heteroatoms. The molecule has 0 fully saturated rings. The van der Waals surface area contributed by atoms with E-state index in [9.17, 15) is 14.4 Å². The van der Waals surface area contributed by atoms with Gasteiger partial charge in [-0.25, -0.2) is 4.79 Å². The topological polar surface area (TPSA) is 111 Å². The van der Waals surface area contributed by atoms with Gasteiger partial charge in [0.25, 0.3) is 0 Å². The Labute approximate surface area is 114 Å². The van der Waals surface area contributed by atoms with Gasteiger partial charge in [0, 0.05) is 23.0 Å². The minimum absolute atomic E-state index is 0.00880. The largest absolute Gasteiger partial charge is 0.481 e. The Bertz CT molecular complexity index is 506. The first-order chi connectivity index (χ1) is 8.78. The molecule has 1 heterocycles. The third-order valence-corrected chi connectivity index (χ3v) is 3.14. The summed E-state index contributed by atoms with van der Waals surface area (Å²) >= 11 is 1.03. The lowest BCUT2D eigenvalue weighted by Gasteiger charge is -2.25. The van der Waals surface area contributed by atoms with Gasteiger partial charge in [-0.3, -0.25) is 9.59 Å². The Morgan fingerprint density at radius 2 is 2.16 bits per heavy atom. The second kappa shape index (κ2) is 6.37. The van der Waals surface area contributed by atoms with Crippen LogP contribution in [-0.2, 0) is 11.3 Å². The number of thiazole rings is 1. The second-order valence-electron chi connectivity index (χ2n) is 4.76. The van der Waals surface area contributed by atoms with Crippen molar-refractivity contribution in [1.29, 1.82) is 0 Å². The molecule has 1 aromatic rings. The molecular formula is C11H17N3O4S. The lowest BCUT2D eigenvalue weighted by molar-refractivity contribution is -0.137. The molecule has 1 rings (SSSR count). The van der Waals surface area contributed by atoms with Crippen molar-refractivity contribution in [2.75, 3.05) is 0 Å². The molecule has 106 valence electrons. The van der Waals surface area contributed by atoms with Crippen LogP contribution < -0.4 is 15.5 Å². The van der Waals surface area contributed by atoms with Gasteiger partial charge in [0.2, 0.25) is 0 Å². The van der Waals surface area contributed by atoms with Crippen molar-refractivity contribution in [3.8, 4) is 0 Å². The highest BCUT2D eigenvalue weighted by atomic mass is 32.1. The van der Waals surface area contributed by atoms with E-state index in [-0.39, 0.29) is 17.8 Å². The van der Waals surface area contributed by atoms with Crippen LogP contribution in [0.1, 0.15) is 32.4 Å². The highest BCUT2D eigenvalue weighted by Gasteiger charge is 2.21. The summed E-state index contributed by atoms with van der Waals surface area (Å²) in [6.45, 7) is 3.73. The molecular weight excluding hydrogens is 270 g/mol. The number of urea groups is 1. The predicted molar refractivity (Wildman–Crippen MR) is 71.3 cm³/mol. The van der Waals surface area contributed by atoms with Crippen LogP contribution in [0.15, 0.2) is 10.2 Å². The van der Waals surface area contributed by atoms with Gasteiger partial charge in [0.1, 0.15) is 0 Å². The smallest absolute Gasteiger partial charge is 0.315 e. The Balaban J connectivity index is 2.37. The van der Waals surface area contributed by atoms with Crippen LogP contribution in [0.25, 0.3) is 0 Å². The SMILES string of the molecule is CC(C)(CCC(=O)O)NC(=O)NCc1csc(=O)[nH]1. The quantitative estimate of drug-likeness (QED) is 0.622. The van der Waals surface area contributed by atoms with Crippen LogP contribution in [0.2, 0.25) is 0 Å². The van der Waals surface area contributed by atoms with Crippen LogP contribution in [0.4, 0.5) is 4.79 Å². The molecule has 0 unspecified atom stereocenters. The summed E-state index contributed by atoms with van der Waals surface area (Å²) in [7, 11) is 0. The molecule has 4 N–H and O–H groups in total. The number of hydrogen-bond donors (Lipinski definition) is 4. The summed E-state index contributed by atoms with van der Waals surface area (Å²) in [5, 5.41) is 15.5. The minimum Gasteiger partial charge on any atom is -0.481 e. The van der Waals surface area contributed by atoms with Crippen molar-refractivity contribution in [3.63, 3.8) is 0 Å². The van der Waals surface area contributed by atoms with E-state index in [1.54, 1.807) is 19.2 Å². The van der Waals surface area contributed by atoms with Crippen molar-refractivity contribution in [2.24, 2.45) is 0 Å². The van der Waals surface area contributed by atoms with E-state index in [1.807, 2.05) is 0 Å². The third-order valence-electron chi connectivity index (χ3n) is 2.43. The standard InChI is InChI=1S/C11H17N3O4S/c1-11(2,4-3-8(15)16)14-9(17)12-5-7-6-19-10(18)13-7/h6H,3-5H2,1-2H3,(H,13,18)(H,15,16)(H2,12,14,17). The highest BCUT2D eigenvalue weighted by Crippen LogP contribution is 2.10. The van der Waals surface area contributed by atoms with Crippen molar-refractivity contribution in [3.05, 3.63) is 20.7 Å². The summed E-state index contributed by atoms with van der Waals surface area (Å²) in [5.41, 5.74) is 0.0262. The summed E-state index contributed by atoms with van der Waals surface area (Å²) < 4.78 is 0. The first kappa shape index (κ1) is 15.2. The molecule has 7 nitrogen and oxygen atoms in total. The summed E-state index contributed by atoms with van der Waals surface area (Å²) in [6, 6.07) is -0.401. The fourth-order valence-electron chi connectivity index (χ4n) is 1.41. The molecule has 0 aliphatic rings. The first-order valence-corrected chi connectivity index (χ1v) is 6.61. The lowest BCUT2D eigenvalue weighted by Crippen LogP contribution is -2.48. The number of aliphatic carboxylic acids is 1. The number of hydrogen-bond acceptors (Lipinski definition) is 4. The molecule has 0 spiro atoms. The zero-order valence-corrected chi connectivity index (χ0v) is 11.6. The number of amides is 2. The van der Waals surface area contributed by atoms with Crippen LogP contribution in [0, 0.1) is 0 Å². The number of carbonyl (C=O) groups excluding carboxylic acids is 1. The Kier molecular flexibility index (Phi) is 5.11. The van der Waals surface area contributed by atoms with Crippen LogP contribution >= 0.6 is 11.3 Å². The molecule has 0 saturated carbocycles. The molecule has 0 radical (unpaired) electrons. The summed E-state index contributed by atoms with van der Waals surface area (Å²) in [5.74, 6) is -0.897. The number of aromatic amines is 1. The monoisotopic (exact) mass is 287 g/mol. The van der Waals surface area contributed by atoms with Gasteiger partial charge in [0.15, 0.2) is 0 Å². The first-order valence-electron chi connectivity index (χ1n) is 5.73. The zero-order valence-electron chi connectivity index (χ0n) is 10.8. The normalized spacial score (nSPS) is 11.1. The molecule has 1 aromatic heterocycles. The predicted octanol–water partition coefficient (Wildman–Crippen LogP) is 0.879. The van der Waals surface area contributed by atoms with Crippen LogP contribution in [0.3, 0.4) is 0 Å². The van der Waals surface area contributed by atoms with E-state index in [4.69, 9.17) is 5.11 Å². The van der Waals surface area contributed by atoms with E-state index in [1.165, 1.54) is 0 Å². The lowest BCUT2D eigenvalue weighted by atomic mass is 9.99. The fraction of sp³-hybridized carbons (Fsp3) is 0.545. The van der Waals surface area contributed by atoms with E-state index in [2.05, 4.69) is 15.6 Å². The maximum atomic E-state index is 11.6. The Morgan fingerprint density at radius 1 is 1.47 bits per heavy atom. The molecule has 0 atom stereocenters. The number of aromatic nitrogens is 1. The number of carboxylic acids is 1. The Morgan fingerprint density at radius 3 is 2.68 bits per heavy atom. The summed E-state index contributed by atoms with van der Waals surface area (Å²) in [6.07, 6.45) is 0.330. The molecule has 0 bridgehead atoms. The zero-order chi connectivity index (χ0) is 14.5. The van der Waals surface area contributed by atoms with Gasteiger partial charge in [-0.1, -0.05) is 11.3 Å². The maximum Gasteiger partial charge on any atom is 0.315 e. The third kappa shape index (κ3) is 6.05. The van der Waals surface area contributed by atoms with E-state index >= 15 is 0 Å². The molecule has 2 amide bonds. The maximum absolute atomic E-state index is 11.6. The molecule has 0 aliphatic heterocycles. The Hall–Kier alpha value is -1.83.